The monoisotopic (exact) mass is 238 g/mol. The minimum atomic E-state index is -0.504. The fraction of sp³-hybridized carbons (Fsp3) is 0.462. The maximum absolute atomic E-state index is 13.4. The fourth-order valence-electron chi connectivity index (χ4n) is 1.63. The van der Waals surface area contributed by atoms with Gasteiger partial charge in [0.1, 0.15) is 5.82 Å². The second kappa shape index (κ2) is 5.77. The van der Waals surface area contributed by atoms with E-state index in [0.717, 1.165) is 6.42 Å². The predicted molar refractivity (Wildman–Crippen MR) is 66.2 cm³/mol. The van der Waals surface area contributed by atoms with Crippen LogP contribution in [0.1, 0.15) is 37.0 Å². The van der Waals surface area contributed by atoms with Gasteiger partial charge >= 0.3 is 0 Å². The van der Waals surface area contributed by atoms with Crippen molar-refractivity contribution in [2.24, 2.45) is 5.73 Å². The lowest BCUT2D eigenvalue weighted by molar-refractivity contribution is 0.0896. The van der Waals surface area contributed by atoms with Gasteiger partial charge in [-0.1, -0.05) is 19.1 Å². The highest BCUT2D eigenvalue weighted by molar-refractivity contribution is 5.94. The molecule has 0 heterocycles. The van der Waals surface area contributed by atoms with Gasteiger partial charge < -0.3 is 11.1 Å². The van der Waals surface area contributed by atoms with Gasteiger partial charge in [0.05, 0.1) is 5.56 Å². The molecule has 1 atom stereocenters. The Balaban J connectivity index is 2.82. The van der Waals surface area contributed by atoms with Gasteiger partial charge in [0.25, 0.3) is 5.91 Å². The molecule has 0 saturated heterocycles. The third-order valence-electron chi connectivity index (χ3n) is 3.01. The van der Waals surface area contributed by atoms with Crippen molar-refractivity contribution in [1.29, 1.82) is 0 Å². The maximum Gasteiger partial charge on any atom is 0.254 e. The Morgan fingerprint density at radius 3 is 2.65 bits per heavy atom. The summed E-state index contributed by atoms with van der Waals surface area (Å²) in [6.45, 7) is 4.37. The molecule has 0 spiro atoms. The molecule has 17 heavy (non-hydrogen) atoms. The van der Waals surface area contributed by atoms with Crippen LogP contribution >= 0.6 is 0 Å². The van der Waals surface area contributed by atoms with Crippen LogP contribution in [0.2, 0.25) is 0 Å². The standard InChI is InChI=1S/C13H19FN2O/c1-3-13(2,8-9-15)16-12(17)10-6-4-5-7-11(10)14/h4-7H,3,8-9,15H2,1-2H3,(H,16,17). The molecule has 0 aliphatic rings. The van der Waals surface area contributed by atoms with Gasteiger partial charge in [-0.15, -0.1) is 0 Å². The number of hydrogen-bond acceptors (Lipinski definition) is 2. The first-order valence-electron chi connectivity index (χ1n) is 5.79. The largest absolute Gasteiger partial charge is 0.347 e. The van der Waals surface area contributed by atoms with Crippen LogP contribution in [0.5, 0.6) is 0 Å². The molecule has 0 aromatic heterocycles. The van der Waals surface area contributed by atoms with Crippen LogP contribution in [0, 0.1) is 5.82 Å². The molecule has 94 valence electrons. The summed E-state index contributed by atoms with van der Waals surface area (Å²) in [7, 11) is 0. The van der Waals surface area contributed by atoms with E-state index in [1.54, 1.807) is 12.1 Å². The summed E-state index contributed by atoms with van der Waals surface area (Å²) in [5.74, 6) is -0.892. The van der Waals surface area contributed by atoms with Crippen molar-refractivity contribution in [1.82, 2.24) is 5.32 Å². The molecule has 1 aromatic carbocycles. The molecule has 0 aliphatic carbocycles. The average Bonchev–Trinajstić information content (AvgIpc) is 2.29. The van der Waals surface area contributed by atoms with Gasteiger partial charge in [0, 0.05) is 5.54 Å². The number of carbonyl (C=O) groups excluding carboxylic acids is 1. The number of carbonyl (C=O) groups is 1. The highest BCUT2D eigenvalue weighted by Gasteiger charge is 2.24. The second-order valence-electron chi connectivity index (χ2n) is 4.39. The molecule has 0 fully saturated rings. The Morgan fingerprint density at radius 1 is 1.47 bits per heavy atom. The first-order valence-corrected chi connectivity index (χ1v) is 5.79. The molecule has 1 amide bonds. The van der Waals surface area contributed by atoms with Crippen molar-refractivity contribution in [2.45, 2.75) is 32.2 Å². The first-order chi connectivity index (χ1) is 8.02. The maximum atomic E-state index is 13.4. The molecular weight excluding hydrogens is 219 g/mol. The molecule has 1 aromatic rings. The average molecular weight is 238 g/mol. The van der Waals surface area contributed by atoms with Crippen molar-refractivity contribution in [3.05, 3.63) is 35.6 Å². The zero-order valence-electron chi connectivity index (χ0n) is 10.3. The van der Waals surface area contributed by atoms with E-state index in [0.29, 0.717) is 13.0 Å². The van der Waals surface area contributed by atoms with E-state index < -0.39 is 5.82 Å². The van der Waals surface area contributed by atoms with E-state index in [9.17, 15) is 9.18 Å². The third kappa shape index (κ3) is 3.53. The van der Waals surface area contributed by atoms with Crippen LogP contribution in [0.4, 0.5) is 4.39 Å². The summed E-state index contributed by atoms with van der Waals surface area (Å²) < 4.78 is 13.4. The number of nitrogens with one attached hydrogen (secondary N) is 1. The Hall–Kier alpha value is -1.42. The number of benzene rings is 1. The third-order valence-corrected chi connectivity index (χ3v) is 3.01. The minimum Gasteiger partial charge on any atom is -0.347 e. The molecule has 1 rings (SSSR count). The molecule has 3 N–H and O–H groups in total. The lowest BCUT2D eigenvalue weighted by Gasteiger charge is -2.29. The molecular formula is C13H19FN2O. The molecule has 0 bridgehead atoms. The normalized spacial score (nSPS) is 14.1. The van der Waals surface area contributed by atoms with E-state index in [4.69, 9.17) is 5.73 Å². The van der Waals surface area contributed by atoms with Crippen molar-refractivity contribution in [2.75, 3.05) is 6.54 Å². The van der Waals surface area contributed by atoms with E-state index in [1.165, 1.54) is 12.1 Å². The molecule has 1 unspecified atom stereocenters. The smallest absolute Gasteiger partial charge is 0.254 e. The summed E-state index contributed by atoms with van der Waals surface area (Å²) in [5.41, 5.74) is 5.20. The highest BCUT2D eigenvalue weighted by atomic mass is 19.1. The Kier molecular flexibility index (Phi) is 4.63. The summed E-state index contributed by atoms with van der Waals surface area (Å²) in [6, 6.07) is 5.96. The van der Waals surface area contributed by atoms with Gasteiger partial charge in [-0.2, -0.15) is 0 Å². The minimum absolute atomic E-state index is 0.0733. The molecule has 4 heteroatoms. The van der Waals surface area contributed by atoms with Crippen LogP contribution in [0.25, 0.3) is 0 Å². The van der Waals surface area contributed by atoms with Crippen molar-refractivity contribution < 1.29 is 9.18 Å². The van der Waals surface area contributed by atoms with Gasteiger partial charge in [0.2, 0.25) is 0 Å². The summed E-state index contributed by atoms with van der Waals surface area (Å²) in [4.78, 5) is 11.9. The summed E-state index contributed by atoms with van der Waals surface area (Å²) in [6.07, 6.45) is 1.42. The van der Waals surface area contributed by atoms with Crippen LogP contribution in [-0.2, 0) is 0 Å². The van der Waals surface area contributed by atoms with Crippen LogP contribution in [0.3, 0.4) is 0 Å². The van der Waals surface area contributed by atoms with E-state index in [2.05, 4.69) is 5.32 Å². The molecule has 3 nitrogen and oxygen atoms in total. The number of rotatable bonds is 5. The van der Waals surface area contributed by atoms with Gasteiger partial charge in [-0.05, 0) is 38.4 Å². The SMILES string of the molecule is CCC(C)(CCN)NC(=O)c1ccccc1F. The lowest BCUT2D eigenvalue weighted by atomic mass is 9.94. The number of nitrogens with two attached hydrogens (primary N) is 1. The lowest BCUT2D eigenvalue weighted by Crippen LogP contribution is -2.47. The first kappa shape index (κ1) is 13.6. The second-order valence-corrected chi connectivity index (χ2v) is 4.39. The topological polar surface area (TPSA) is 55.1 Å². The van der Waals surface area contributed by atoms with Crippen molar-refractivity contribution in [3.8, 4) is 0 Å². The van der Waals surface area contributed by atoms with Crippen LogP contribution < -0.4 is 11.1 Å². The number of amides is 1. The number of hydrogen-bond donors (Lipinski definition) is 2. The quantitative estimate of drug-likeness (QED) is 0.825. The van der Waals surface area contributed by atoms with Gasteiger partial charge in [-0.3, -0.25) is 4.79 Å². The van der Waals surface area contributed by atoms with Crippen LogP contribution in [0.15, 0.2) is 24.3 Å². The molecule has 0 saturated carbocycles. The summed E-state index contributed by atoms with van der Waals surface area (Å²) >= 11 is 0. The zero-order chi connectivity index (χ0) is 12.9. The highest BCUT2D eigenvalue weighted by Crippen LogP contribution is 2.15. The molecule has 0 aliphatic heterocycles. The van der Waals surface area contributed by atoms with E-state index in [1.807, 2.05) is 13.8 Å². The molecule has 0 radical (unpaired) electrons. The van der Waals surface area contributed by atoms with E-state index in [-0.39, 0.29) is 17.0 Å². The number of halogens is 1. The fourth-order valence-corrected chi connectivity index (χ4v) is 1.63. The summed E-state index contributed by atoms with van der Waals surface area (Å²) in [5, 5.41) is 2.84. The van der Waals surface area contributed by atoms with Gasteiger partial charge in [0.15, 0.2) is 0 Å². The van der Waals surface area contributed by atoms with Crippen LogP contribution in [-0.4, -0.2) is 18.0 Å². The predicted octanol–water partition coefficient (Wildman–Crippen LogP) is 2.07. The zero-order valence-corrected chi connectivity index (χ0v) is 10.3. The Labute approximate surface area is 101 Å². The van der Waals surface area contributed by atoms with Gasteiger partial charge in [-0.25, -0.2) is 4.39 Å². The Bertz CT molecular complexity index is 395. The van der Waals surface area contributed by atoms with Crippen molar-refractivity contribution in [3.63, 3.8) is 0 Å². The van der Waals surface area contributed by atoms with Crippen molar-refractivity contribution >= 4 is 5.91 Å². The van der Waals surface area contributed by atoms with E-state index >= 15 is 0 Å². The Morgan fingerprint density at radius 2 is 2.12 bits per heavy atom.